The van der Waals surface area contributed by atoms with E-state index in [0.29, 0.717) is 30.4 Å². The van der Waals surface area contributed by atoms with Crippen molar-refractivity contribution in [2.75, 3.05) is 18.1 Å². The van der Waals surface area contributed by atoms with E-state index in [1.807, 2.05) is 31.2 Å². The summed E-state index contributed by atoms with van der Waals surface area (Å²) in [5, 5.41) is 25.6. The number of phenols is 1. The Labute approximate surface area is 225 Å². The van der Waals surface area contributed by atoms with Gasteiger partial charge in [-0.3, -0.25) is 14.5 Å². The summed E-state index contributed by atoms with van der Waals surface area (Å²) in [7, 11) is 0. The number of tetrazole rings is 1. The predicted octanol–water partition coefficient (Wildman–Crippen LogP) is 3.33. The lowest BCUT2D eigenvalue weighted by molar-refractivity contribution is -0.127. The summed E-state index contributed by atoms with van der Waals surface area (Å²) < 4.78 is 11.5. The first-order valence-electron chi connectivity index (χ1n) is 12.8. The number of nitrogens with one attached hydrogen (secondary N) is 1. The highest BCUT2D eigenvalue weighted by atomic mass is 16.5. The number of aromatic nitrogens is 4. The van der Waals surface area contributed by atoms with Gasteiger partial charge in [0.2, 0.25) is 5.82 Å². The van der Waals surface area contributed by atoms with Crippen molar-refractivity contribution in [3.05, 3.63) is 77.7 Å². The second-order valence-corrected chi connectivity index (χ2v) is 9.52. The normalized spacial score (nSPS) is 15.7. The second-order valence-electron chi connectivity index (χ2n) is 9.52. The van der Waals surface area contributed by atoms with Crippen molar-refractivity contribution in [2.24, 2.45) is 0 Å². The van der Waals surface area contributed by atoms with Gasteiger partial charge in [0.15, 0.2) is 6.04 Å². The van der Waals surface area contributed by atoms with Crippen LogP contribution in [0.15, 0.2) is 65.1 Å². The van der Waals surface area contributed by atoms with Gasteiger partial charge in [-0.05, 0) is 56.2 Å². The van der Waals surface area contributed by atoms with Gasteiger partial charge in [-0.25, -0.2) is 0 Å². The van der Waals surface area contributed by atoms with Gasteiger partial charge in [0.05, 0.1) is 6.10 Å². The fourth-order valence-corrected chi connectivity index (χ4v) is 4.50. The molecule has 3 heterocycles. The average Bonchev–Trinajstić information content (AvgIpc) is 3.69. The number of carbonyl (C=O) groups excluding carboxylic acids is 2. The fourth-order valence-electron chi connectivity index (χ4n) is 4.50. The maximum absolute atomic E-state index is 13.9. The molecule has 0 spiro atoms. The van der Waals surface area contributed by atoms with Crippen molar-refractivity contribution in [1.29, 1.82) is 0 Å². The molecule has 0 radical (unpaired) electrons. The lowest BCUT2D eigenvalue weighted by Crippen LogP contribution is -2.46. The lowest BCUT2D eigenvalue weighted by Gasteiger charge is -2.30. The summed E-state index contributed by atoms with van der Waals surface area (Å²) in [6.45, 7) is 4.41. The van der Waals surface area contributed by atoms with E-state index in [1.54, 1.807) is 31.2 Å². The number of nitrogens with zero attached hydrogens (tertiary/aromatic N) is 5. The van der Waals surface area contributed by atoms with Crippen LogP contribution in [-0.4, -0.2) is 56.4 Å². The van der Waals surface area contributed by atoms with Crippen molar-refractivity contribution in [3.8, 4) is 17.1 Å². The molecule has 1 aliphatic heterocycles. The van der Waals surface area contributed by atoms with Crippen LogP contribution in [0, 0.1) is 13.8 Å². The maximum atomic E-state index is 13.9. The summed E-state index contributed by atoms with van der Waals surface area (Å²) >= 11 is 0. The molecule has 2 atom stereocenters. The minimum atomic E-state index is -1.16. The van der Waals surface area contributed by atoms with E-state index in [0.717, 1.165) is 24.0 Å². The van der Waals surface area contributed by atoms with Crippen molar-refractivity contribution in [3.63, 3.8) is 0 Å². The number of amides is 2. The zero-order valence-electron chi connectivity index (χ0n) is 21.8. The Morgan fingerprint density at radius 2 is 1.97 bits per heavy atom. The third-order valence-corrected chi connectivity index (χ3v) is 6.48. The van der Waals surface area contributed by atoms with Gasteiger partial charge >= 0.3 is 0 Å². The molecule has 0 aliphatic carbocycles. The average molecular weight is 531 g/mol. The van der Waals surface area contributed by atoms with Crippen molar-refractivity contribution in [2.45, 2.75) is 45.4 Å². The standard InChI is InChI=1S/C28H30N6O5/c1-18-8-11-20(12-9-18)27-30-32-33(31-27)17-25(36)34(21-5-3-6-22(35)15-21)26(24-13-10-19(2)39-24)28(37)29-16-23-7-4-14-38-23/h3,5-6,8-13,15,23,26,35H,4,7,14,16-17H2,1-2H3,(H,29,37)/t23-,26-/m1/s1. The van der Waals surface area contributed by atoms with Crippen LogP contribution < -0.4 is 10.2 Å². The van der Waals surface area contributed by atoms with Gasteiger partial charge in [-0.1, -0.05) is 35.9 Å². The van der Waals surface area contributed by atoms with Crippen LogP contribution in [0.2, 0.25) is 0 Å². The van der Waals surface area contributed by atoms with Crippen molar-refractivity contribution in [1.82, 2.24) is 25.5 Å². The fraction of sp³-hybridized carbons (Fsp3) is 0.321. The van der Waals surface area contributed by atoms with Gasteiger partial charge in [-0.15, -0.1) is 10.2 Å². The van der Waals surface area contributed by atoms with E-state index >= 15 is 0 Å². The number of rotatable bonds is 9. The van der Waals surface area contributed by atoms with Gasteiger partial charge in [0.1, 0.15) is 23.8 Å². The van der Waals surface area contributed by atoms with Crippen molar-refractivity contribution >= 4 is 17.5 Å². The number of carbonyl (C=O) groups is 2. The number of ether oxygens (including phenoxy) is 1. The summed E-state index contributed by atoms with van der Waals surface area (Å²) in [6.07, 6.45) is 1.70. The van der Waals surface area contributed by atoms with Crippen molar-refractivity contribution < 1.29 is 23.8 Å². The van der Waals surface area contributed by atoms with Gasteiger partial charge < -0.3 is 19.6 Å². The molecule has 0 unspecified atom stereocenters. The Kier molecular flexibility index (Phi) is 7.69. The number of hydrogen-bond donors (Lipinski definition) is 2. The minimum absolute atomic E-state index is 0.0556. The van der Waals surface area contributed by atoms with Gasteiger partial charge in [0, 0.05) is 30.5 Å². The molecule has 11 heteroatoms. The van der Waals surface area contributed by atoms with Gasteiger partial charge in [-0.2, -0.15) is 4.80 Å². The van der Waals surface area contributed by atoms with Crippen LogP contribution in [0.5, 0.6) is 5.75 Å². The number of furan rings is 1. The molecule has 2 aromatic heterocycles. The first-order chi connectivity index (χ1) is 18.9. The summed E-state index contributed by atoms with van der Waals surface area (Å²) in [5.74, 6) is 0.245. The van der Waals surface area contributed by atoms with Crippen LogP contribution in [-0.2, 0) is 20.9 Å². The zero-order valence-corrected chi connectivity index (χ0v) is 21.8. The molecule has 4 aromatic rings. The number of phenolic OH excluding ortho intramolecular Hbond substituents is 1. The molecule has 0 bridgehead atoms. The topological polar surface area (TPSA) is 136 Å². The van der Waals surface area contributed by atoms with Crippen LogP contribution in [0.4, 0.5) is 5.69 Å². The number of benzene rings is 2. The molecule has 1 fully saturated rings. The molecule has 5 rings (SSSR count). The van der Waals surface area contributed by atoms with Crippen LogP contribution in [0.25, 0.3) is 11.4 Å². The quantitative estimate of drug-likeness (QED) is 0.336. The molecule has 2 aromatic carbocycles. The highest BCUT2D eigenvalue weighted by Gasteiger charge is 2.36. The van der Waals surface area contributed by atoms with E-state index in [9.17, 15) is 14.7 Å². The number of aryl methyl sites for hydroxylation is 2. The Morgan fingerprint density at radius 1 is 1.15 bits per heavy atom. The van der Waals surface area contributed by atoms with Crippen LogP contribution >= 0.6 is 0 Å². The molecule has 202 valence electrons. The smallest absolute Gasteiger partial charge is 0.251 e. The predicted molar refractivity (Wildman–Crippen MR) is 142 cm³/mol. The van der Waals surface area contributed by atoms with E-state index in [4.69, 9.17) is 9.15 Å². The van der Waals surface area contributed by atoms with E-state index in [-0.39, 0.29) is 24.2 Å². The van der Waals surface area contributed by atoms with Crippen LogP contribution in [0.1, 0.15) is 36.0 Å². The number of anilines is 1. The second kappa shape index (κ2) is 11.5. The number of hydrogen-bond acceptors (Lipinski definition) is 8. The molecular weight excluding hydrogens is 500 g/mol. The van der Waals surface area contributed by atoms with Crippen LogP contribution in [0.3, 0.4) is 0 Å². The third kappa shape index (κ3) is 6.15. The summed E-state index contributed by atoms with van der Waals surface area (Å²) in [4.78, 5) is 30.0. The lowest BCUT2D eigenvalue weighted by atomic mass is 10.1. The summed E-state index contributed by atoms with van der Waals surface area (Å²) in [5.41, 5.74) is 2.17. The zero-order chi connectivity index (χ0) is 27.4. The molecule has 0 saturated carbocycles. The Balaban J connectivity index is 1.46. The van der Waals surface area contributed by atoms with E-state index < -0.39 is 17.9 Å². The maximum Gasteiger partial charge on any atom is 0.251 e. The number of aromatic hydroxyl groups is 1. The first-order valence-corrected chi connectivity index (χ1v) is 12.8. The van der Waals surface area contributed by atoms with E-state index in [1.165, 1.54) is 21.8 Å². The molecular formula is C28H30N6O5. The molecule has 1 aliphatic rings. The van der Waals surface area contributed by atoms with E-state index in [2.05, 4.69) is 20.7 Å². The molecule has 11 nitrogen and oxygen atoms in total. The van der Waals surface area contributed by atoms with Gasteiger partial charge in [0.25, 0.3) is 11.8 Å². The molecule has 2 amide bonds. The summed E-state index contributed by atoms with van der Waals surface area (Å²) in [6, 6.07) is 16.0. The largest absolute Gasteiger partial charge is 0.508 e. The Hall–Kier alpha value is -4.51. The first kappa shape index (κ1) is 26.1. The molecule has 2 N–H and O–H groups in total. The highest BCUT2D eigenvalue weighted by molar-refractivity contribution is 6.01. The highest BCUT2D eigenvalue weighted by Crippen LogP contribution is 2.31. The SMILES string of the molecule is Cc1ccc(-c2nnn(CC(=O)N(c3cccc(O)c3)[C@@H](C(=O)NC[C@H]3CCCO3)c3ccc(C)o3)n2)cc1. The molecule has 39 heavy (non-hydrogen) atoms. The molecule has 1 saturated heterocycles. The monoisotopic (exact) mass is 530 g/mol. The minimum Gasteiger partial charge on any atom is -0.508 e. The Bertz CT molecular complexity index is 1440. The Morgan fingerprint density at radius 3 is 2.67 bits per heavy atom. The third-order valence-electron chi connectivity index (χ3n) is 6.48.